The molecule has 0 saturated heterocycles. The van der Waals surface area contributed by atoms with Crippen molar-refractivity contribution in [2.24, 2.45) is 4.99 Å². The number of hydrogen-bond donors (Lipinski definition) is 2. The molecule has 0 atom stereocenters. The molecule has 0 unspecified atom stereocenters. The van der Waals surface area contributed by atoms with E-state index in [2.05, 4.69) is 42.2 Å². The normalized spacial score (nSPS) is 11.0. The number of nitro benzene ring substituents is 1. The summed E-state index contributed by atoms with van der Waals surface area (Å²) >= 11 is 12.6. The summed E-state index contributed by atoms with van der Waals surface area (Å²) in [5.41, 5.74) is 1.22. The zero-order valence-corrected chi connectivity index (χ0v) is 16.8. The molecule has 0 radical (unpaired) electrons. The summed E-state index contributed by atoms with van der Waals surface area (Å²) in [6, 6.07) is 7.83. The van der Waals surface area contributed by atoms with Gasteiger partial charge in [0.25, 0.3) is 5.69 Å². The van der Waals surface area contributed by atoms with Gasteiger partial charge in [-0.05, 0) is 40.5 Å². The third-order valence-electron chi connectivity index (χ3n) is 3.23. The Morgan fingerprint density at radius 1 is 1.32 bits per heavy atom. The van der Waals surface area contributed by atoms with Gasteiger partial charge >= 0.3 is 0 Å². The Labute approximate surface area is 166 Å². The highest BCUT2D eigenvalue weighted by atomic mass is 79.9. The average molecular weight is 492 g/mol. The van der Waals surface area contributed by atoms with Crippen LogP contribution in [0.3, 0.4) is 0 Å². The lowest BCUT2D eigenvalue weighted by Gasteiger charge is -2.07. The van der Waals surface area contributed by atoms with E-state index in [1.165, 1.54) is 12.1 Å². The number of aromatic hydroxyl groups is 1. The summed E-state index contributed by atoms with van der Waals surface area (Å²) in [7, 11) is 0. The third kappa shape index (κ3) is 5.69. The molecule has 9 heteroatoms. The van der Waals surface area contributed by atoms with E-state index >= 15 is 0 Å². The number of nitrogens with zero attached hydrogens (tertiary/aromatic N) is 2. The molecule has 2 aromatic rings. The second kappa shape index (κ2) is 9.17. The lowest BCUT2D eigenvalue weighted by atomic mass is 10.2. The molecule has 25 heavy (non-hydrogen) atoms. The number of nitro groups is 1. The average Bonchev–Trinajstić information content (AvgIpc) is 2.55. The molecule has 2 N–H and O–H groups in total. The van der Waals surface area contributed by atoms with E-state index < -0.39 is 4.92 Å². The van der Waals surface area contributed by atoms with Gasteiger partial charge in [0.05, 0.1) is 20.1 Å². The van der Waals surface area contributed by atoms with Crippen LogP contribution in [0.15, 0.2) is 44.3 Å². The van der Waals surface area contributed by atoms with Crippen LogP contribution in [0.4, 0.5) is 11.4 Å². The molecule has 2 aromatic carbocycles. The van der Waals surface area contributed by atoms with Crippen LogP contribution in [0.5, 0.6) is 5.75 Å². The highest BCUT2D eigenvalue weighted by Gasteiger charge is 2.09. The SMILES string of the molecule is O=[N+]([O-])c1ccc(NCCCN=Cc2cc(Br)cc(Br)c2O)c(Cl)c1. The smallest absolute Gasteiger partial charge is 0.271 e. The fraction of sp³-hybridized carbons (Fsp3) is 0.188. The lowest BCUT2D eigenvalue weighted by Crippen LogP contribution is -2.04. The lowest BCUT2D eigenvalue weighted by molar-refractivity contribution is -0.384. The molecule has 2 rings (SSSR count). The van der Waals surface area contributed by atoms with Gasteiger partial charge in [-0.1, -0.05) is 27.5 Å². The molecule has 132 valence electrons. The number of phenolic OH excluding ortho intramolecular Hbond substituents is 1. The predicted molar refractivity (Wildman–Crippen MR) is 107 cm³/mol. The van der Waals surface area contributed by atoms with E-state index in [1.807, 2.05) is 0 Å². The number of hydrogen-bond acceptors (Lipinski definition) is 5. The molecule has 0 aliphatic carbocycles. The Balaban J connectivity index is 1.83. The Kier molecular flexibility index (Phi) is 7.22. The summed E-state index contributed by atoms with van der Waals surface area (Å²) < 4.78 is 1.44. The van der Waals surface area contributed by atoms with Crippen LogP contribution in [-0.2, 0) is 0 Å². The highest BCUT2D eigenvalue weighted by Crippen LogP contribution is 2.30. The summed E-state index contributed by atoms with van der Waals surface area (Å²) in [5, 5.41) is 24.0. The van der Waals surface area contributed by atoms with E-state index in [9.17, 15) is 15.2 Å². The maximum absolute atomic E-state index is 10.7. The van der Waals surface area contributed by atoms with E-state index in [4.69, 9.17) is 11.6 Å². The van der Waals surface area contributed by atoms with E-state index in [0.717, 1.165) is 10.9 Å². The number of benzene rings is 2. The molecule has 0 bridgehead atoms. The van der Waals surface area contributed by atoms with Gasteiger partial charge in [-0.15, -0.1) is 0 Å². The van der Waals surface area contributed by atoms with E-state index in [0.29, 0.717) is 33.8 Å². The van der Waals surface area contributed by atoms with E-state index in [-0.39, 0.29) is 11.4 Å². The van der Waals surface area contributed by atoms with Crippen LogP contribution in [0.1, 0.15) is 12.0 Å². The van der Waals surface area contributed by atoms with Crippen LogP contribution >= 0.6 is 43.5 Å². The van der Waals surface area contributed by atoms with Gasteiger partial charge in [0.1, 0.15) is 5.75 Å². The van der Waals surface area contributed by atoms with Crippen molar-refractivity contribution >= 4 is 61.1 Å². The van der Waals surface area contributed by atoms with Crippen LogP contribution in [0.25, 0.3) is 0 Å². The van der Waals surface area contributed by atoms with Crippen LogP contribution in [0.2, 0.25) is 5.02 Å². The second-order valence-electron chi connectivity index (χ2n) is 5.06. The van der Waals surface area contributed by atoms with Gasteiger partial charge in [0.2, 0.25) is 0 Å². The third-order valence-corrected chi connectivity index (χ3v) is 4.61. The summed E-state index contributed by atoms with van der Waals surface area (Å²) in [6.45, 7) is 1.17. The number of anilines is 1. The van der Waals surface area contributed by atoms with Crippen molar-refractivity contribution in [3.8, 4) is 5.75 Å². The zero-order valence-electron chi connectivity index (χ0n) is 12.9. The second-order valence-corrected chi connectivity index (χ2v) is 7.24. The standard InChI is InChI=1S/C16H14Br2ClN3O3/c17-11-6-10(16(23)13(18)7-11)9-20-4-1-5-21-15-3-2-12(22(24)25)8-14(15)19/h2-3,6-9,21,23H,1,4-5H2. The molecule has 0 aliphatic heterocycles. The van der Waals surface area contributed by atoms with Gasteiger partial charge in [-0.3, -0.25) is 15.1 Å². The Hall–Kier alpha value is -1.64. The molecule has 0 aromatic heterocycles. The fourth-order valence-corrected chi connectivity index (χ4v) is 3.50. The van der Waals surface area contributed by atoms with Crippen molar-refractivity contribution in [2.45, 2.75) is 6.42 Å². The maximum atomic E-state index is 10.7. The first kappa shape index (κ1) is 19.7. The first-order valence-corrected chi connectivity index (χ1v) is 9.20. The van der Waals surface area contributed by atoms with Crippen molar-refractivity contribution < 1.29 is 10.0 Å². The Bertz CT molecular complexity index is 815. The molecule has 0 spiro atoms. The predicted octanol–water partition coefficient (Wildman–Crippen LogP) is 5.40. The van der Waals surface area contributed by atoms with Crippen molar-refractivity contribution in [1.82, 2.24) is 0 Å². The first-order chi connectivity index (χ1) is 11.9. The topological polar surface area (TPSA) is 87.8 Å². The van der Waals surface area contributed by atoms with Gasteiger partial charge < -0.3 is 10.4 Å². The Morgan fingerprint density at radius 3 is 2.76 bits per heavy atom. The number of nitrogens with one attached hydrogen (secondary N) is 1. The van der Waals surface area contributed by atoms with Crippen LogP contribution in [0, 0.1) is 10.1 Å². The molecule has 0 aliphatic rings. The Morgan fingerprint density at radius 2 is 2.08 bits per heavy atom. The van der Waals surface area contributed by atoms with Gasteiger partial charge in [-0.2, -0.15) is 0 Å². The largest absolute Gasteiger partial charge is 0.506 e. The van der Waals surface area contributed by atoms with Crippen molar-refractivity contribution in [3.63, 3.8) is 0 Å². The maximum Gasteiger partial charge on any atom is 0.271 e. The molecular formula is C16H14Br2ClN3O3. The molecule has 6 nitrogen and oxygen atoms in total. The van der Waals surface area contributed by atoms with Crippen molar-refractivity contribution in [2.75, 3.05) is 18.4 Å². The van der Waals surface area contributed by atoms with Crippen molar-refractivity contribution in [1.29, 1.82) is 0 Å². The highest BCUT2D eigenvalue weighted by molar-refractivity contribution is 9.11. The zero-order chi connectivity index (χ0) is 18.4. The molecule has 0 amide bonds. The monoisotopic (exact) mass is 489 g/mol. The fourth-order valence-electron chi connectivity index (χ4n) is 2.00. The minimum Gasteiger partial charge on any atom is -0.506 e. The first-order valence-electron chi connectivity index (χ1n) is 7.24. The summed E-state index contributed by atoms with van der Waals surface area (Å²) in [4.78, 5) is 14.5. The number of rotatable bonds is 7. The quantitative estimate of drug-likeness (QED) is 0.235. The number of aliphatic imine (C=N–C) groups is 1. The minimum atomic E-state index is -0.486. The molecule has 0 fully saturated rings. The van der Waals surface area contributed by atoms with Gasteiger partial charge in [0, 0.05) is 41.5 Å². The van der Waals surface area contributed by atoms with Gasteiger partial charge in [-0.25, -0.2) is 0 Å². The summed E-state index contributed by atoms with van der Waals surface area (Å²) in [5.74, 6) is 0.141. The van der Waals surface area contributed by atoms with Crippen LogP contribution in [-0.4, -0.2) is 29.3 Å². The van der Waals surface area contributed by atoms with Crippen LogP contribution < -0.4 is 5.32 Å². The summed E-state index contributed by atoms with van der Waals surface area (Å²) in [6.07, 6.45) is 2.35. The number of phenols is 1. The van der Waals surface area contributed by atoms with Crippen molar-refractivity contribution in [3.05, 3.63) is 60.0 Å². The minimum absolute atomic E-state index is 0.0415. The molecule has 0 heterocycles. The number of non-ortho nitro benzene ring substituents is 1. The van der Waals surface area contributed by atoms with Gasteiger partial charge in [0.15, 0.2) is 0 Å². The van der Waals surface area contributed by atoms with E-state index in [1.54, 1.807) is 24.4 Å². The molecule has 0 saturated carbocycles. The molecular weight excluding hydrogens is 477 g/mol. The number of halogens is 3.